The van der Waals surface area contributed by atoms with Gasteiger partial charge in [0.15, 0.2) is 11.8 Å². The first-order valence-corrected chi connectivity index (χ1v) is 5.56. The second-order valence-corrected chi connectivity index (χ2v) is 4.22. The molecule has 0 heterocycles. The summed E-state index contributed by atoms with van der Waals surface area (Å²) in [6, 6.07) is -1.25. The molecule has 2 radical (unpaired) electrons. The van der Waals surface area contributed by atoms with Gasteiger partial charge in [-0.15, -0.1) is 0 Å². The molecule has 15 heavy (non-hydrogen) atoms. The number of hydrogen-bond acceptors (Lipinski definition) is 6. The molecule has 0 aromatic rings. The lowest BCUT2D eigenvalue weighted by molar-refractivity contribution is -0.143. The maximum atomic E-state index is 11.0. The van der Waals surface area contributed by atoms with E-state index in [9.17, 15) is 18.0 Å². The summed E-state index contributed by atoms with van der Waals surface area (Å²) in [5.41, 5.74) is 0. The largest absolute Gasteiger partial charge is 0.467 e. The Balaban J connectivity index is 4.38. The molecule has 0 aromatic heterocycles. The fourth-order valence-corrected chi connectivity index (χ4v) is 1.06. The van der Waals surface area contributed by atoms with Gasteiger partial charge in [0.05, 0.1) is 20.0 Å². The molecule has 0 aromatic carbocycles. The normalized spacial score (nSPS) is 12.9. The molecule has 0 fully saturated rings. The topological polar surface area (TPSA) is 98.8 Å². The van der Waals surface area contributed by atoms with E-state index in [2.05, 4.69) is 8.92 Å². The minimum absolute atomic E-state index is 0.561. The number of amides is 1. The molecular formula is C6H10BNO6S. The smallest absolute Gasteiger partial charge is 0.330 e. The number of ether oxygens (including phenoxy) is 1. The predicted octanol–water partition coefficient (Wildman–Crippen LogP) is -1.62. The Morgan fingerprint density at radius 1 is 1.47 bits per heavy atom. The highest BCUT2D eigenvalue weighted by Crippen LogP contribution is 1.94. The van der Waals surface area contributed by atoms with Crippen LogP contribution in [0.3, 0.4) is 0 Å². The lowest BCUT2D eigenvalue weighted by Gasteiger charge is -2.14. The van der Waals surface area contributed by atoms with Crippen LogP contribution in [0.1, 0.15) is 0 Å². The Bertz CT molecular complexity index is 340. The van der Waals surface area contributed by atoms with Crippen molar-refractivity contribution in [3.8, 4) is 0 Å². The minimum atomic E-state index is -3.70. The maximum Gasteiger partial charge on any atom is 0.330 e. The average molecular weight is 235 g/mol. The van der Waals surface area contributed by atoms with Crippen molar-refractivity contribution in [3.05, 3.63) is 0 Å². The van der Waals surface area contributed by atoms with Crippen LogP contribution >= 0.6 is 0 Å². The monoisotopic (exact) mass is 235 g/mol. The summed E-state index contributed by atoms with van der Waals surface area (Å²) in [4.78, 5) is 21.4. The average Bonchev–Trinajstić information content (AvgIpc) is 2.09. The van der Waals surface area contributed by atoms with Gasteiger partial charge in [-0.25, -0.2) is 4.79 Å². The third kappa shape index (κ3) is 6.92. The Kier molecular flexibility index (Phi) is 5.30. The minimum Gasteiger partial charge on any atom is -0.467 e. The first-order valence-electron chi connectivity index (χ1n) is 3.74. The van der Waals surface area contributed by atoms with Gasteiger partial charge in [0.1, 0.15) is 0 Å². The van der Waals surface area contributed by atoms with Gasteiger partial charge >= 0.3 is 5.97 Å². The maximum absolute atomic E-state index is 11.0. The zero-order valence-corrected chi connectivity index (χ0v) is 9.04. The van der Waals surface area contributed by atoms with Crippen LogP contribution in [-0.2, 0) is 23.8 Å². The summed E-state index contributed by atoms with van der Waals surface area (Å²) >= 11 is 0. The van der Waals surface area contributed by atoms with Crippen LogP contribution < -0.4 is 5.32 Å². The van der Waals surface area contributed by atoms with E-state index in [1.807, 2.05) is 5.32 Å². The standard InChI is InChI=1S/C6H10BNO6S/c1-13-5(9)4(8-6(7)10)3-14-15(2,11)12/h4H,3H2,1-2H3,(H,8,10). The highest BCUT2D eigenvalue weighted by Gasteiger charge is 2.21. The van der Waals surface area contributed by atoms with Gasteiger partial charge in [-0.3, -0.25) is 8.98 Å². The number of esters is 1. The Hall–Kier alpha value is -1.09. The molecule has 1 unspecified atom stereocenters. The summed E-state index contributed by atoms with van der Waals surface area (Å²) in [6.07, 6.45) is 0.811. The van der Waals surface area contributed by atoms with Crippen molar-refractivity contribution in [3.63, 3.8) is 0 Å². The van der Waals surface area contributed by atoms with Crippen LogP contribution in [-0.4, -0.2) is 54.1 Å². The highest BCUT2D eigenvalue weighted by atomic mass is 32.2. The lowest BCUT2D eigenvalue weighted by Crippen LogP contribution is -2.44. The summed E-state index contributed by atoms with van der Waals surface area (Å²) in [5.74, 6) is -1.83. The fourth-order valence-electron chi connectivity index (χ4n) is 0.674. The highest BCUT2D eigenvalue weighted by molar-refractivity contribution is 7.85. The molecule has 7 nitrogen and oxygen atoms in total. The Morgan fingerprint density at radius 3 is 2.33 bits per heavy atom. The molecule has 0 saturated carbocycles. The first kappa shape index (κ1) is 13.9. The summed E-state index contributed by atoms with van der Waals surface area (Å²) in [7, 11) is 2.15. The van der Waals surface area contributed by atoms with Crippen molar-refractivity contribution in [2.24, 2.45) is 0 Å². The molecule has 0 rings (SSSR count). The van der Waals surface area contributed by atoms with Crippen LogP contribution in [0.15, 0.2) is 0 Å². The predicted molar refractivity (Wildman–Crippen MR) is 50.9 cm³/mol. The molecule has 0 aliphatic rings. The second kappa shape index (κ2) is 5.71. The molecule has 0 saturated heterocycles. The van der Waals surface area contributed by atoms with E-state index in [4.69, 9.17) is 7.85 Å². The number of methoxy groups -OCH3 is 1. The molecule has 9 heteroatoms. The molecule has 0 aliphatic heterocycles. The molecule has 84 valence electrons. The number of carbonyl (C=O) groups excluding carboxylic acids is 2. The van der Waals surface area contributed by atoms with Crippen LogP contribution in [0.2, 0.25) is 0 Å². The van der Waals surface area contributed by atoms with Crippen LogP contribution in [0.5, 0.6) is 0 Å². The van der Waals surface area contributed by atoms with Gasteiger partial charge in [-0.1, -0.05) is 0 Å². The van der Waals surface area contributed by atoms with Crippen LogP contribution in [0.4, 0.5) is 4.79 Å². The van der Waals surface area contributed by atoms with Gasteiger partial charge in [0, 0.05) is 0 Å². The Morgan fingerprint density at radius 2 is 2.00 bits per heavy atom. The molecule has 0 aliphatic carbocycles. The van der Waals surface area contributed by atoms with Crippen molar-refractivity contribution in [2.75, 3.05) is 20.0 Å². The number of carbonyl (C=O) groups is 2. The van der Waals surface area contributed by atoms with E-state index in [0.29, 0.717) is 0 Å². The van der Waals surface area contributed by atoms with E-state index in [-0.39, 0.29) is 0 Å². The SMILES string of the molecule is [B]C(=O)NC(COS(C)(=O)=O)C(=O)OC. The fraction of sp³-hybridized carbons (Fsp3) is 0.667. The molecule has 1 atom stereocenters. The number of hydrogen-bond donors (Lipinski definition) is 1. The van der Waals surface area contributed by atoms with Gasteiger partial charge in [-0.2, -0.15) is 8.42 Å². The van der Waals surface area contributed by atoms with E-state index < -0.39 is 34.5 Å². The van der Waals surface area contributed by atoms with Gasteiger partial charge in [0.2, 0.25) is 7.85 Å². The van der Waals surface area contributed by atoms with Crippen LogP contribution in [0, 0.1) is 0 Å². The van der Waals surface area contributed by atoms with E-state index >= 15 is 0 Å². The van der Waals surface area contributed by atoms with E-state index in [1.54, 1.807) is 0 Å². The quantitative estimate of drug-likeness (QED) is 0.349. The molecular weight excluding hydrogens is 225 g/mol. The first-order chi connectivity index (χ1) is 6.76. The zero-order valence-electron chi connectivity index (χ0n) is 8.22. The molecule has 1 amide bonds. The number of rotatable bonds is 5. The number of nitrogens with one attached hydrogen (secondary N) is 1. The van der Waals surface area contributed by atoms with Crippen molar-refractivity contribution >= 4 is 29.7 Å². The zero-order chi connectivity index (χ0) is 12.1. The Labute approximate surface area is 88.7 Å². The second-order valence-electron chi connectivity index (χ2n) is 2.57. The lowest BCUT2D eigenvalue weighted by atomic mass is 10.1. The van der Waals surface area contributed by atoms with Gasteiger partial charge in [-0.05, 0) is 0 Å². The van der Waals surface area contributed by atoms with E-state index in [0.717, 1.165) is 13.4 Å². The molecule has 0 spiro atoms. The van der Waals surface area contributed by atoms with Crippen molar-refractivity contribution in [1.29, 1.82) is 0 Å². The molecule has 1 N–H and O–H groups in total. The molecule has 0 bridgehead atoms. The van der Waals surface area contributed by atoms with Crippen molar-refractivity contribution in [2.45, 2.75) is 6.04 Å². The van der Waals surface area contributed by atoms with Crippen LogP contribution in [0.25, 0.3) is 0 Å². The van der Waals surface area contributed by atoms with Gasteiger partial charge in [0.25, 0.3) is 10.1 Å². The summed E-state index contributed by atoms with van der Waals surface area (Å²) in [5, 5.41) is 1.98. The van der Waals surface area contributed by atoms with Gasteiger partial charge < -0.3 is 10.1 Å². The van der Waals surface area contributed by atoms with Crippen molar-refractivity contribution in [1.82, 2.24) is 5.32 Å². The van der Waals surface area contributed by atoms with E-state index in [1.165, 1.54) is 0 Å². The third-order valence-corrected chi connectivity index (χ3v) is 1.82. The van der Waals surface area contributed by atoms with Crippen molar-refractivity contribution < 1.29 is 26.9 Å². The summed E-state index contributed by atoms with van der Waals surface area (Å²) < 4.78 is 29.8. The summed E-state index contributed by atoms with van der Waals surface area (Å²) in [6.45, 7) is -0.561. The third-order valence-electron chi connectivity index (χ3n) is 1.25.